The van der Waals surface area contributed by atoms with Crippen LogP contribution in [-0.4, -0.2) is 46.1 Å². The third kappa shape index (κ3) is 3.03. The number of aromatic amines is 1. The van der Waals surface area contributed by atoms with Gasteiger partial charge in [-0.25, -0.2) is 8.42 Å². The van der Waals surface area contributed by atoms with Gasteiger partial charge in [-0.1, -0.05) is 20.3 Å². The van der Waals surface area contributed by atoms with Gasteiger partial charge in [-0.15, -0.1) is 5.10 Å². The largest absolute Gasteiger partial charge is 0.368 e. The summed E-state index contributed by atoms with van der Waals surface area (Å²) in [4.78, 5) is 8.07. The van der Waals surface area contributed by atoms with E-state index in [2.05, 4.69) is 37.6 Å². The topological polar surface area (TPSA) is 114 Å². The number of anilines is 1. The van der Waals surface area contributed by atoms with E-state index in [0.717, 1.165) is 12.8 Å². The Balaban J connectivity index is 2.42. The summed E-state index contributed by atoms with van der Waals surface area (Å²) in [5.41, 5.74) is 0.713. The Hall–Kier alpha value is -1.77. The molecule has 2 rings (SSSR count). The minimum Gasteiger partial charge on any atom is -0.368 e. The second kappa shape index (κ2) is 6.12. The van der Waals surface area contributed by atoms with Gasteiger partial charge in [0.05, 0.1) is 5.75 Å². The average Bonchev–Trinajstić information content (AvgIpc) is 2.87. The van der Waals surface area contributed by atoms with Gasteiger partial charge in [-0.2, -0.15) is 20.3 Å². The van der Waals surface area contributed by atoms with E-state index in [0.29, 0.717) is 24.3 Å². The third-order valence-electron chi connectivity index (χ3n) is 2.74. The van der Waals surface area contributed by atoms with Crippen LogP contribution in [0.15, 0.2) is 5.16 Å². The summed E-state index contributed by atoms with van der Waals surface area (Å²) in [6.07, 6.45) is 2.50. The number of aromatic nitrogens is 5. The van der Waals surface area contributed by atoms with Gasteiger partial charge in [0.2, 0.25) is 15.5 Å². The van der Waals surface area contributed by atoms with Crippen LogP contribution >= 0.6 is 0 Å². The normalized spacial score (nSPS) is 11.9. The van der Waals surface area contributed by atoms with Crippen molar-refractivity contribution in [3.05, 3.63) is 0 Å². The number of nitrogens with zero attached hydrogens (tertiary/aromatic N) is 4. The van der Waals surface area contributed by atoms with Crippen molar-refractivity contribution in [1.29, 1.82) is 0 Å². The molecule has 9 heteroatoms. The summed E-state index contributed by atoms with van der Waals surface area (Å²) in [6.45, 7) is 4.57. The summed E-state index contributed by atoms with van der Waals surface area (Å²) in [7, 11) is -3.48. The first kappa shape index (κ1) is 14.6. The van der Waals surface area contributed by atoms with Crippen molar-refractivity contribution < 1.29 is 8.42 Å². The van der Waals surface area contributed by atoms with Gasteiger partial charge < -0.3 is 5.32 Å². The Labute approximate surface area is 117 Å². The Bertz CT molecular complexity index is 681. The minimum atomic E-state index is -3.48. The Morgan fingerprint density at radius 2 is 1.95 bits per heavy atom. The fourth-order valence-corrected chi connectivity index (χ4v) is 2.91. The molecular formula is C11H18N6O2S. The van der Waals surface area contributed by atoms with Crippen molar-refractivity contribution in [2.75, 3.05) is 17.6 Å². The zero-order valence-electron chi connectivity index (χ0n) is 11.5. The molecule has 0 aromatic carbocycles. The van der Waals surface area contributed by atoms with Crippen LogP contribution in [0.25, 0.3) is 11.2 Å². The SMILES string of the molecule is CCCCNc1nc(S(=O)(=O)CCC)nc2n[nH]nc12. The molecule has 0 atom stereocenters. The molecule has 20 heavy (non-hydrogen) atoms. The lowest BCUT2D eigenvalue weighted by molar-refractivity contribution is 0.586. The van der Waals surface area contributed by atoms with Crippen molar-refractivity contribution >= 4 is 26.8 Å². The molecule has 0 radical (unpaired) electrons. The second-order valence-corrected chi connectivity index (χ2v) is 6.45. The molecule has 0 saturated heterocycles. The number of sulfone groups is 1. The summed E-state index contributed by atoms with van der Waals surface area (Å²) in [5.74, 6) is 0.428. The lowest BCUT2D eigenvalue weighted by Crippen LogP contribution is -2.13. The Morgan fingerprint density at radius 1 is 1.15 bits per heavy atom. The number of hydrogen-bond donors (Lipinski definition) is 2. The predicted octanol–water partition coefficient (Wildman–Crippen LogP) is 1.14. The lowest BCUT2D eigenvalue weighted by atomic mass is 10.3. The van der Waals surface area contributed by atoms with Crippen molar-refractivity contribution in [2.45, 2.75) is 38.3 Å². The van der Waals surface area contributed by atoms with Gasteiger partial charge in [0.25, 0.3) is 5.16 Å². The molecule has 8 nitrogen and oxygen atoms in total. The van der Waals surface area contributed by atoms with Gasteiger partial charge in [-0.05, 0) is 12.8 Å². The number of hydrogen-bond acceptors (Lipinski definition) is 7. The smallest absolute Gasteiger partial charge is 0.251 e. The summed E-state index contributed by atoms with van der Waals surface area (Å²) >= 11 is 0. The number of H-pyrrole nitrogens is 1. The maximum Gasteiger partial charge on any atom is 0.251 e. The van der Waals surface area contributed by atoms with Crippen LogP contribution in [0.1, 0.15) is 33.1 Å². The van der Waals surface area contributed by atoms with Crippen LogP contribution in [0.3, 0.4) is 0 Å². The summed E-state index contributed by atoms with van der Waals surface area (Å²) < 4.78 is 24.1. The molecule has 0 spiro atoms. The van der Waals surface area contributed by atoms with Crippen LogP contribution in [0.5, 0.6) is 0 Å². The number of unbranched alkanes of at least 4 members (excludes halogenated alkanes) is 1. The van der Waals surface area contributed by atoms with Gasteiger partial charge >= 0.3 is 0 Å². The maximum atomic E-state index is 12.1. The van der Waals surface area contributed by atoms with Crippen molar-refractivity contribution in [3.63, 3.8) is 0 Å². The first-order valence-corrected chi connectivity index (χ1v) is 8.29. The number of nitrogens with one attached hydrogen (secondary N) is 2. The highest BCUT2D eigenvalue weighted by atomic mass is 32.2. The van der Waals surface area contributed by atoms with Gasteiger partial charge in [0.15, 0.2) is 11.3 Å². The highest BCUT2D eigenvalue weighted by Gasteiger charge is 2.21. The molecule has 0 amide bonds. The number of fused-ring (bicyclic) bond motifs is 1. The van der Waals surface area contributed by atoms with E-state index in [4.69, 9.17) is 0 Å². The number of rotatable bonds is 7. The van der Waals surface area contributed by atoms with E-state index in [-0.39, 0.29) is 16.6 Å². The molecule has 2 aromatic rings. The van der Waals surface area contributed by atoms with Crippen molar-refractivity contribution in [2.24, 2.45) is 0 Å². The van der Waals surface area contributed by atoms with Crippen LogP contribution in [-0.2, 0) is 9.84 Å². The molecule has 0 aliphatic rings. The predicted molar refractivity (Wildman–Crippen MR) is 75.2 cm³/mol. The van der Waals surface area contributed by atoms with Crippen LogP contribution < -0.4 is 5.32 Å². The first-order valence-electron chi connectivity index (χ1n) is 6.63. The van der Waals surface area contributed by atoms with E-state index in [9.17, 15) is 8.42 Å². The molecule has 0 unspecified atom stereocenters. The molecule has 2 N–H and O–H groups in total. The molecule has 0 saturated carbocycles. The van der Waals surface area contributed by atoms with Gasteiger partial charge in [-0.3, -0.25) is 0 Å². The van der Waals surface area contributed by atoms with Gasteiger partial charge in [0, 0.05) is 6.54 Å². The standard InChI is InChI=1S/C11H18N6O2S/c1-3-5-6-12-9-8-10(16-17-15-8)14-11(13-9)20(18,19)7-4-2/h3-7H2,1-2H3,(H2,12,13,14,15,16,17). The summed E-state index contributed by atoms with van der Waals surface area (Å²) in [5, 5.41) is 13.1. The lowest BCUT2D eigenvalue weighted by Gasteiger charge is -2.07. The average molecular weight is 298 g/mol. The maximum absolute atomic E-state index is 12.1. The molecule has 0 aliphatic carbocycles. The monoisotopic (exact) mass is 298 g/mol. The van der Waals surface area contributed by atoms with E-state index in [1.54, 1.807) is 6.92 Å². The highest BCUT2D eigenvalue weighted by Crippen LogP contribution is 2.18. The fourth-order valence-electron chi connectivity index (χ4n) is 1.73. The fraction of sp³-hybridized carbons (Fsp3) is 0.636. The van der Waals surface area contributed by atoms with Gasteiger partial charge in [0.1, 0.15) is 0 Å². The van der Waals surface area contributed by atoms with Crippen LogP contribution in [0, 0.1) is 0 Å². The van der Waals surface area contributed by atoms with Crippen LogP contribution in [0.2, 0.25) is 0 Å². The summed E-state index contributed by atoms with van der Waals surface area (Å²) in [6, 6.07) is 0. The molecule has 0 fully saturated rings. The zero-order valence-corrected chi connectivity index (χ0v) is 12.4. The van der Waals surface area contributed by atoms with E-state index >= 15 is 0 Å². The van der Waals surface area contributed by atoms with E-state index < -0.39 is 9.84 Å². The first-order chi connectivity index (χ1) is 9.58. The molecular weight excluding hydrogens is 280 g/mol. The van der Waals surface area contributed by atoms with Crippen molar-refractivity contribution in [3.8, 4) is 0 Å². The molecule has 0 aliphatic heterocycles. The third-order valence-corrected chi connectivity index (χ3v) is 4.42. The van der Waals surface area contributed by atoms with E-state index in [1.807, 2.05) is 0 Å². The van der Waals surface area contributed by atoms with Crippen molar-refractivity contribution in [1.82, 2.24) is 25.4 Å². The molecule has 110 valence electrons. The molecule has 2 heterocycles. The quantitative estimate of drug-likeness (QED) is 0.582. The molecule has 0 bridgehead atoms. The molecule has 2 aromatic heterocycles. The van der Waals surface area contributed by atoms with E-state index in [1.165, 1.54) is 0 Å². The Kier molecular flexibility index (Phi) is 4.48. The second-order valence-electron chi connectivity index (χ2n) is 4.45. The minimum absolute atomic E-state index is 0.0186. The zero-order chi connectivity index (χ0) is 14.6. The Morgan fingerprint density at radius 3 is 2.65 bits per heavy atom. The highest BCUT2D eigenvalue weighted by molar-refractivity contribution is 7.91. The van der Waals surface area contributed by atoms with Crippen LogP contribution in [0.4, 0.5) is 5.82 Å².